The molecule has 0 aliphatic carbocycles. The minimum absolute atomic E-state index is 0.133. The highest BCUT2D eigenvalue weighted by Gasteiger charge is 2.43. The summed E-state index contributed by atoms with van der Waals surface area (Å²) in [4.78, 5) is 30.7. The van der Waals surface area contributed by atoms with E-state index in [0.717, 1.165) is 30.6 Å². The van der Waals surface area contributed by atoms with Crippen LogP contribution >= 0.6 is 0 Å². The van der Waals surface area contributed by atoms with Gasteiger partial charge in [0, 0.05) is 31.6 Å². The van der Waals surface area contributed by atoms with E-state index >= 15 is 0 Å². The molecule has 0 radical (unpaired) electrons. The van der Waals surface area contributed by atoms with Crippen LogP contribution in [0.3, 0.4) is 0 Å². The zero-order valence-electron chi connectivity index (χ0n) is 19.7. The molecule has 0 bridgehead atoms. The van der Waals surface area contributed by atoms with Crippen LogP contribution in [0.1, 0.15) is 56.2 Å². The molecule has 2 aromatic rings. The maximum absolute atomic E-state index is 13.8. The average molecular weight is 447 g/mol. The molecule has 1 fully saturated rings. The molecular weight excluding hydrogens is 412 g/mol. The van der Waals surface area contributed by atoms with Crippen LogP contribution in [0.2, 0.25) is 0 Å². The van der Waals surface area contributed by atoms with Gasteiger partial charge in [0.1, 0.15) is 5.75 Å². The van der Waals surface area contributed by atoms with Crippen molar-refractivity contribution in [3.63, 3.8) is 0 Å². The molecule has 2 heterocycles. The molecule has 174 valence electrons. The van der Waals surface area contributed by atoms with Gasteiger partial charge in [-0.05, 0) is 36.5 Å². The fourth-order valence-corrected chi connectivity index (χ4v) is 5.12. The summed E-state index contributed by atoms with van der Waals surface area (Å²) in [6, 6.07) is 17.9. The fraction of sp³-hybridized carbons (Fsp3) is 0.429. The fourth-order valence-electron chi connectivity index (χ4n) is 5.12. The molecule has 2 unspecified atom stereocenters. The Morgan fingerprint density at radius 3 is 2.52 bits per heavy atom. The number of benzene rings is 2. The standard InChI is InChI=1S/C28H34N2O3/c1-3-4-18-30-26(31)15-14-24(27(30)23-12-8-9-13-25(23)33-2)28(32)29-19-16-22(17-20-29)21-10-6-5-7-11-21/h5-13,16,24,27H,3-4,14-15,17-20H2,1-2H3. The number of unbranched alkanes of at least 4 members (excludes halogenated alkanes) is 1. The summed E-state index contributed by atoms with van der Waals surface area (Å²) in [5.74, 6) is 0.750. The van der Waals surface area contributed by atoms with Crippen LogP contribution in [-0.2, 0) is 9.59 Å². The predicted octanol–water partition coefficient (Wildman–Crippen LogP) is 5.09. The van der Waals surface area contributed by atoms with Gasteiger partial charge in [0.15, 0.2) is 0 Å². The quantitative estimate of drug-likeness (QED) is 0.595. The summed E-state index contributed by atoms with van der Waals surface area (Å²) >= 11 is 0. The highest BCUT2D eigenvalue weighted by Crippen LogP contribution is 2.42. The number of likely N-dealkylation sites (tertiary alicyclic amines) is 1. The second-order valence-corrected chi connectivity index (χ2v) is 8.90. The lowest BCUT2D eigenvalue weighted by molar-refractivity contribution is -0.148. The Labute approximate surface area is 197 Å². The highest BCUT2D eigenvalue weighted by atomic mass is 16.5. The van der Waals surface area contributed by atoms with Crippen LogP contribution in [0.25, 0.3) is 5.57 Å². The van der Waals surface area contributed by atoms with E-state index in [9.17, 15) is 9.59 Å². The van der Waals surface area contributed by atoms with Crippen LogP contribution in [-0.4, -0.2) is 48.4 Å². The van der Waals surface area contributed by atoms with Crippen LogP contribution < -0.4 is 4.74 Å². The lowest BCUT2D eigenvalue weighted by Gasteiger charge is -2.43. The van der Waals surface area contributed by atoms with E-state index in [-0.39, 0.29) is 23.8 Å². The Bertz CT molecular complexity index is 1000. The second-order valence-electron chi connectivity index (χ2n) is 8.90. The van der Waals surface area contributed by atoms with Crippen molar-refractivity contribution in [3.8, 4) is 5.75 Å². The first kappa shape index (κ1) is 23.1. The van der Waals surface area contributed by atoms with E-state index in [1.54, 1.807) is 7.11 Å². The Morgan fingerprint density at radius 1 is 1.06 bits per heavy atom. The van der Waals surface area contributed by atoms with Gasteiger partial charge in [0.2, 0.25) is 11.8 Å². The molecule has 1 saturated heterocycles. The number of methoxy groups -OCH3 is 1. The van der Waals surface area contributed by atoms with E-state index in [4.69, 9.17) is 4.74 Å². The molecule has 2 atom stereocenters. The van der Waals surface area contributed by atoms with Crippen LogP contribution in [0.5, 0.6) is 5.75 Å². The lowest BCUT2D eigenvalue weighted by Crippen LogP contribution is -2.50. The molecule has 0 aromatic heterocycles. The van der Waals surface area contributed by atoms with Gasteiger partial charge in [0.25, 0.3) is 0 Å². The number of carbonyl (C=O) groups excluding carboxylic acids is 2. The van der Waals surface area contributed by atoms with Crippen LogP contribution in [0.4, 0.5) is 0 Å². The molecule has 2 aliphatic heterocycles. The molecule has 0 saturated carbocycles. The number of hydrogen-bond acceptors (Lipinski definition) is 3. The number of amides is 2. The summed E-state index contributed by atoms with van der Waals surface area (Å²) in [5, 5.41) is 0. The topological polar surface area (TPSA) is 49.9 Å². The van der Waals surface area contributed by atoms with Crippen molar-refractivity contribution in [1.29, 1.82) is 0 Å². The minimum Gasteiger partial charge on any atom is -0.496 e. The van der Waals surface area contributed by atoms with Gasteiger partial charge >= 0.3 is 0 Å². The number of carbonyl (C=O) groups is 2. The minimum atomic E-state index is -0.291. The Balaban J connectivity index is 1.61. The smallest absolute Gasteiger partial charge is 0.228 e. The number of nitrogens with zero attached hydrogens (tertiary/aromatic N) is 2. The number of para-hydroxylation sites is 1. The average Bonchev–Trinajstić information content (AvgIpc) is 2.88. The lowest BCUT2D eigenvalue weighted by atomic mass is 9.82. The summed E-state index contributed by atoms with van der Waals surface area (Å²) in [7, 11) is 1.65. The zero-order valence-corrected chi connectivity index (χ0v) is 19.7. The Kier molecular flexibility index (Phi) is 7.48. The van der Waals surface area contributed by atoms with E-state index in [2.05, 4.69) is 37.3 Å². The van der Waals surface area contributed by atoms with Crippen molar-refractivity contribution < 1.29 is 14.3 Å². The molecule has 0 N–H and O–H groups in total. The third-order valence-corrected chi connectivity index (χ3v) is 6.90. The highest BCUT2D eigenvalue weighted by molar-refractivity contribution is 5.86. The maximum atomic E-state index is 13.8. The summed E-state index contributed by atoms with van der Waals surface area (Å²) in [6.45, 7) is 4.11. The van der Waals surface area contributed by atoms with Gasteiger partial charge in [-0.3, -0.25) is 9.59 Å². The third-order valence-electron chi connectivity index (χ3n) is 6.90. The Morgan fingerprint density at radius 2 is 1.82 bits per heavy atom. The van der Waals surface area contributed by atoms with Crippen molar-refractivity contribution in [1.82, 2.24) is 9.80 Å². The first-order valence-corrected chi connectivity index (χ1v) is 12.1. The molecular formula is C28H34N2O3. The van der Waals surface area contributed by atoms with Crippen molar-refractivity contribution in [3.05, 3.63) is 71.8 Å². The van der Waals surface area contributed by atoms with Crippen LogP contribution in [0.15, 0.2) is 60.7 Å². The van der Waals surface area contributed by atoms with Gasteiger partial charge in [-0.1, -0.05) is 68.0 Å². The summed E-state index contributed by atoms with van der Waals surface area (Å²) < 4.78 is 5.65. The molecule has 2 aromatic carbocycles. The summed E-state index contributed by atoms with van der Waals surface area (Å²) in [5.41, 5.74) is 3.45. The van der Waals surface area contributed by atoms with Crippen molar-refractivity contribution in [2.45, 2.75) is 45.1 Å². The van der Waals surface area contributed by atoms with E-state index < -0.39 is 0 Å². The maximum Gasteiger partial charge on any atom is 0.228 e. The molecule has 0 spiro atoms. The molecule has 2 amide bonds. The van der Waals surface area contributed by atoms with Gasteiger partial charge in [-0.15, -0.1) is 0 Å². The number of rotatable bonds is 7. The van der Waals surface area contributed by atoms with Crippen molar-refractivity contribution in [2.75, 3.05) is 26.7 Å². The number of ether oxygens (including phenoxy) is 1. The molecule has 5 nitrogen and oxygen atoms in total. The zero-order chi connectivity index (χ0) is 23.2. The van der Waals surface area contributed by atoms with Gasteiger partial charge in [0.05, 0.1) is 19.1 Å². The van der Waals surface area contributed by atoms with Crippen molar-refractivity contribution in [2.24, 2.45) is 5.92 Å². The third kappa shape index (κ3) is 4.97. The van der Waals surface area contributed by atoms with E-state index in [1.165, 1.54) is 11.1 Å². The molecule has 33 heavy (non-hydrogen) atoms. The van der Waals surface area contributed by atoms with E-state index in [0.29, 0.717) is 32.5 Å². The molecule has 5 heteroatoms. The first-order valence-electron chi connectivity index (χ1n) is 12.1. The van der Waals surface area contributed by atoms with Gasteiger partial charge < -0.3 is 14.5 Å². The Hall–Kier alpha value is -3.08. The number of hydrogen-bond donors (Lipinski definition) is 0. The molecule has 4 rings (SSSR count). The predicted molar refractivity (Wildman–Crippen MR) is 131 cm³/mol. The van der Waals surface area contributed by atoms with Gasteiger partial charge in [-0.2, -0.15) is 0 Å². The van der Waals surface area contributed by atoms with Crippen molar-refractivity contribution >= 4 is 17.4 Å². The SMILES string of the molecule is CCCCN1C(=O)CCC(C(=O)N2CC=C(c3ccccc3)CC2)C1c1ccccc1OC. The first-order chi connectivity index (χ1) is 16.1. The normalized spacial score (nSPS) is 21.0. The second kappa shape index (κ2) is 10.7. The number of piperidine rings is 1. The summed E-state index contributed by atoms with van der Waals surface area (Å²) in [6.07, 6.45) is 5.95. The monoisotopic (exact) mass is 446 g/mol. The largest absolute Gasteiger partial charge is 0.496 e. The van der Waals surface area contributed by atoms with E-state index in [1.807, 2.05) is 40.1 Å². The molecule has 2 aliphatic rings. The van der Waals surface area contributed by atoms with Gasteiger partial charge in [-0.25, -0.2) is 0 Å². The van der Waals surface area contributed by atoms with Crippen LogP contribution in [0, 0.1) is 5.92 Å².